The van der Waals surface area contributed by atoms with Gasteiger partial charge in [-0.05, 0) is 41.7 Å². The minimum atomic E-state index is -0.557. The molecule has 0 atom stereocenters. The third-order valence-electron chi connectivity index (χ3n) is 4.84. The van der Waals surface area contributed by atoms with E-state index in [-0.39, 0.29) is 0 Å². The zero-order valence-corrected chi connectivity index (χ0v) is 16.6. The molecule has 6 heteroatoms. The fourth-order valence-corrected chi connectivity index (χ4v) is 3.20. The molecule has 0 unspecified atom stereocenters. The first-order chi connectivity index (χ1) is 14.7. The number of nitrogens with zero attached hydrogens (tertiary/aromatic N) is 1. The maximum atomic E-state index is 11.1. The number of ether oxygens (including phenoxy) is 2. The zero-order chi connectivity index (χ0) is 20.8. The van der Waals surface area contributed by atoms with Crippen molar-refractivity contribution in [3.63, 3.8) is 0 Å². The van der Waals surface area contributed by atoms with Gasteiger partial charge < -0.3 is 9.47 Å². The molecular weight excluding hydrogens is 380 g/mol. The molecule has 152 valence electrons. The fourth-order valence-electron chi connectivity index (χ4n) is 3.20. The standard InChI is InChI=1S/C24H22N2O4/c1-28-21-14-11-18(15-22(21)29-16-19-5-3-2-4-6-19)8-7-17-9-12-20(13-10-17)23-25-24(27)30-26-23/h2-6,9-15H,7-8,16H2,1H3,(H,25,26,27). The Kier molecular flexibility index (Phi) is 5.94. The first-order valence-corrected chi connectivity index (χ1v) is 9.70. The van der Waals surface area contributed by atoms with Crippen molar-refractivity contribution in [2.75, 3.05) is 7.11 Å². The summed E-state index contributed by atoms with van der Waals surface area (Å²) in [6.45, 7) is 0.492. The van der Waals surface area contributed by atoms with Crippen molar-refractivity contribution in [1.29, 1.82) is 0 Å². The molecule has 0 aliphatic rings. The number of hydrogen-bond donors (Lipinski definition) is 1. The van der Waals surface area contributed by atoms with Crippen LogP contribution < -0.4 is 15.2 Å². The molecule has 1 heterocycles. The molecule has 0 saturated carbocycles. The fraction of sp³-hybridized carbons (Fsp3) is 0.167. The van der Waals surface area contributed by atoms with Crippen LogP contribution >= 0.6 is 0 Å². The number of aryl methyl sites for hydroxylation is 2. The minimum Gasteiger partial charge on any atom is -0.493 e. The molecule has 30 heavy (non-hydrogen) atoms. The van der Waals surface area contributed by atoms with E-state index in [1.54, 1.807) is 7.11 Å². The van der Waals surface area contributed by atoms with Crippen LogP contribution in [0.2, 0.25) is 0 Å². The maximum absolute atomic E-state index is 11.1. The molecule has 0 radical (unpaired) electrons. The van der Waals surface area contributed by atoms with Crippen LogP contribution in [0.1, 0.15) is 16.7 Å². The predicted molar refractivity (Wildman–Crippen MR) is 114 cm³/mol. The van der Waals surface area contributed by atoms with Crippen molar-refractivity contribution < 1.29 is 14.0 Å². The van der Waals surface area contributed by atoms with Crippen LogP contribution in [0, 0.1) is 0 Å². The van der Waals surface area contributed by atoms with Gasteiger partial charge >= 0.3 is 5.76 Å². The van der Waals surface area contributed by atoms with E-state index in [1.165, 1.54) is 11.1 Å². The Morgan fingerprint density at radius 3 is 2.30 bits per heavy atom. The van der Waals surface area contributed by atoms with E-state index >= 15 is 0 Å². The van der Waals surface area contributed by atoms with E-state index in [0.29, 0.717) is 12.4 Å². The summed E-state index contributed by atoms with van der Waals surface area (Å²) < 4.78 is 16.0. The second-order valence-corrected chi connectivity index (χ2v) is 6.90. The zero-order valence-electron chi connectivity index (χ0n) is 16.6. The second kappa shape index (κ2) is 9.13. The number of aromatic amines is 1. The third-order valence-corrected chi connectivity index (χ3v) is 4.84. The average Bonchev–Trinajstić information content (AvgIpc) is 3.23. The van der Waals surface area contributed by atoms with Crippen molar-refractivity contribution in [2.24, 2.45) is 0 Å². The lowest BCUT2D eigenvalue weighted by atomic mass is 10.0. The number of rotatable bonds is 8. The number of nitrogens with one attached hydrogen (secondary N) is 1. The van der Waals surface area contributed by atoms with Crippen molar-refractivity contribution in [3.8, 4) is 22.9 Å². The summed E-state index contributed by atoms with van der Waals surface area (Å²) in [7, 11) is 1.65. The molecule has 0 fully saturated rings. The number of aromatic nitrogens is 2. The minimum absolute atomic E-state index is 0.432. The summed E-state index contributed by atoms with van der Waals surface area (Å²) in [4.78, 5) is 13.6. The highest BCUT2D eigenvalue weighted by molar-refractivity contribution is 5.54. The average molecular weight is 402 g/mol. The van der Waals surface area contributed by atoms with Gasteiger partial charge in [-0.25, -0.2) is 4.79 Å². The molecule has 4 aromatic rings. The van der Waals surface area contributed by atoms with Crippen LogP contribution in [0.5, 0.6) is 11.5 Å². The smallest absolute Gasteiger partial charge is 0.439 e. The Hall–Kier alpha value is -3.80. The molecular formula is C24H22N2O4. The van der Waals surface area contributed by atoms with Crippen molar-refractivity contribution in [1.82, 2.24) is 10.1 Å². The highest BCUT2D eigenvalue weighted by atomic mass is 16.5. The molecule has 6 nitrogen and oxygen atoms in total. The largest absolute Gasteiger partial charge is 0.493 e. The summed E-state index contributed by atoms with van der Waals surface area (Å²) >= 11 is 0. The summed E-state index contributed by atoms with van der Waals surface area (Å²) in [6.07, 6.45) is 1.74. The Labute approximate surface area is 174 Å². The Morgan fingerprint density at radius 2 is 1.60 bits per heavy atom. The Bertz CT molecular complexity index is 1150. The molecule has 0 aliphatic carbocycles. The summed E-state index contributed by atoms with van der Waals surface area (Å²) in [6, 6.07) is 24.0. The second-order valence-electron chi connectivity index (χ2n) is 6.90. The van der Waals surface area contributed by atoms with E-state index in [9.17, 15) is 4.79 Å². The third kappa shape index (κ3) is 4.78. The van der Waals surface area contributed by atoms with Gasteiger partial charge in [-0.1, -0.05) is 65.8 Å². The van der Waals surface area contributed by atoms with Crippen LogP contribution in [0.25, 0.3) is 11.4 Å². The number of methoxy groups -OCH3 is 1. The molecule has 4 rings (SSSR count). The van der Waals surface area contributed by atoms with Gasteiger partial charge in [0.25, 0.3) is 0 Å². The van der Waals surface area contributed by atoms with Gasteiger partial charge in [0, 0.05) is 5.56 Å². The quantitative estimate of drug-likeness (QED) is 0.473. The predicted octanol–water partition coefficient (Wildman–Crippen LogP) is 4.40. The topological polar surface area (TPSA) is 77.4 Å². The highest BCUT2D eigenvalue weighted by Gasteiger charge is 2.08. The van der Waals surface area contributed by atoms with Crippen LogP contribution in [0.15, 0.2) is 82.1 Å². The van der Waals surface area contributed by atoms with Gasteiger partial charge in [0.2, 0.25) is 0 Å². The molecule has 0 saturated heterocycles. The van der Waals surface area contributed by atoms with E-state index in [4.69, 9.17) is 9.47 Å². The van der Waals surface area contributed by atoms with Crippen molar-refractivity contribution >= 4 is 0 Å². The summed E-state index contributed by atoms with van der Waals surface area (Å²) in [5, 5.41) is 3.71. The summed E-state index contributed by atoms with van der Waals surface area (Å²) in [5.41, 5.74) is 4.28. The first-order valence-electron chi connectivity index (χ1n) is 9.70. The summed E-state index contributed by atoms with van der Waals surface area (Å²) in [5.74, 6) is 1.34. The molecule has 1 N–H and O–H groups in total. The van der Waals surface area contributed by atoms with Gasteiger partial charge in [0.05, 0.1) is 7.11 Å². The molecule has 0 aliphatic heterocycles. The molecule has 0 amide bonds. The van der Waals surface area contributed by atoms with E-state index in [0.717, 1.165) is 35.5 Å². The van der Waals surface area contributed by atoms with Gasteiger partial charge in [-0.3, -0.25) is 9.51 Å². The monoisotopic (exact) mass is 402 g/mol. The lowest BCUT2D eigenvalue weighted by Crippen LogP contribution is -1.99. The molecule has 3 aromatic carbocycles. The van der Waals surface area contributed by atoms with Crippen LogP contribution in [0.4, 0.5) is 0 Å². The maximum Gasteiger partial charge on any atom is 0.439 e. The van der Waals surface area contributed by atoms with E-state index < -0.39 is 5.76 Å². The van der Waals surface area contributed by atoms with Gasteiger partial charge in [-0.2, -0.15) is 0 Å². The number of H-pyrrole nitrogens is 1. The number of benzene rings is 3. The van der Waals surface area contributed by atoms with Gasteiger partial charge in [0.15, 0.2) is 17.3 Å². The van der Waals surface area contributed by atoms with Crippen molar-refractivity contribution in [3.05, 3.63) is 100 Å². The molecule has 0 spiro atoms. The highest BCUT2D eigenvalue weighted by Crippen LogP contribution is 2.29. The van der Waals surface area contributed by atoms with Gasteiger partial charge in [0.1, 0.15) is 6.61 Å². The van der Waals surface area contributed by atoms with Crippen LogP contribution in [0.3, 0.4) is 0 Å². The lowest BCUT2D eigenvalue weighted by molar-refractivity contribution is 0.284. The Morgan fingerprint density at radius 1 is 0.867 bits per heavy atom. The number of hydrogen-bond acceptors (Lipinski definition) is 5. The van der Waals surface area contributed by atoms with Gasteiger partial charge in [-0.15, -0.1) is 0 Å². The first kappa shape index (κ1) is 19.5. The lowest BCUT2D eigenvalue weighted by Gasteiger charge is -2.13. The SMILES string of the molecule is COc1ccc(CCc2ccc(-c3noc(=O)[nH]3)cc2)cc1OCc1ccccc1. The van der Waals surface area contributed by atoms with E-state index in [2.05, 4.69) is 20.7 Å². The van der Waals surface area contributed by atoms with Crippen molar-refractivity contribution in [2.45, 2.75) is 19.4 Å². The van der Waals surface area contributed by atoms with E-state index in [1.807, 2.05) is 66.7 Å². The normalized spacial score (nSPS) is 10.7. The van der Waals surface area contributed by atoms with Crippen LogP contribution in [-0.4, -0.2) is 17.3 Å². The molecule has 0 bridgehead atoms. The molecule has 1 aromatic heterocycles. The van der Waals surface area contributed by atoms with Crippen LogP contribution in [-0.2, 0) is 19.4 Å². The Balaban J connectivity index is 1.41.